The molecular weight excluding hydrogens is 326 g/mol. The van der Waals surface area contributed by atoms with Crippen LogP contribution in [-0.2, 0) is 9.59 Å². The second-order valence-corrected chi connectivity index (χ2v) is 5.39. The Morgan fingerprint density at radius 3 is 2.27 bits per heavy atom. The molecule has 0 spiro atoms. The Kier molecular flexibility index (Phi) is 6.43. The van der Waals surface area contributed by atoms with Crippen molar-refractivity contribution in [3.63, 3.8) is 0 Å². The number of nitrogens with one attached hydrogen (secondary N) is 1. The van der Waals surface area contributed by atoms with Gasteiger partial charge in [0.05, 0.1) is 5.69 Å². The van der Waals surface area contributed by atoms with Crippen molar-refractivity contribution in [3.05, 3.63) is 29.3 Å². The minimum atomic E-state index is -0.859. The minimum absolute atomic E-state index is 0. The largest absolute Gasteiger partial charge is 0.412 e. The van der Waals surface area contributed by atoms with Crippen LogP contribution in [0.15, 0.2) is 24.3 Å². The van der Waals surface area contributed by atoms with Crippen molar-refractivity contribution in [3.8, 4) is 0 Å². The van der Waals surface area contributed by atoms with Crippen LogP contribution in [0.1, 0.15) is 13.8 Å². The smallest absolute Gasteiger partial charge is 0.260 e. The van der Waals surface area contributed by atoms with E-state index in [-0.39, 0.29) is 22.4 Å². The zero-order valence-corrected chi connectivity index (χ0v) is 13.9. The fourth-order valence-corrected chi connectivity index (χ4v) is 2.73. The van der Waals surface area contributed by atoms with Gasteiger partial charge >= 0.3 is 0 Å². The van der Waals surface area contributed by atoms with Crippen LogP contribution in [-0.4, -0.2) is 46.4 Å². The summed E-state index contributed by atoms with van der Waals surface area (Å²) in [6.45, 7) is 5.01. The Morgan fingerprint density at radius 2 is 1.77 bits per heavy atom. The zero-order valence-electron chi connectivity index (χ0n) is 12.3. The predicted octanol–water partition coefficient (Wildman–Crippen LogP) is 0.973. The van der Waals surface area contributed by atoms with Crippen LogP contribution < -0.4 is 10.2 Å². The van der Waals surface area contributed by atoms with Crippen molar-refractivity contribution in [2.45, 2.75) is 19.9 Å². The molecule has 0 aliphatic carbocycles. The summed E-state index contributed by atoms with van der Waals surface area (Å²) in [4.78, 5) is 27.9. The number of hydrogen-bond donors (Lipinski definition) is 1. The van der Waals surface area contributed by atoms with Crippen molar-refractivity contribution < 1.29 is 15.1 Å². The Balaban J connectivity index is 0.00000242. The van der Waals surface area contributed by atoms with E-state index in [4.69, 9.17) is 23.8 Å². The number of hydrogen-bond acceptors (Lipinski definition) is 4. The highest BCUT2D eigenvalue weighted by Crippen LogP contribution is 2.22. The van der Waals surface area contributed by atoms with Crippen LogP contribution in [0.4, 0.5) is 5.69 Å². The van der Waals surface area contributed by atoms with E-state index >= 15 is 0 Å². The first-order chi connectivity index (χ1) is 9.99. The molecule has 2 rings (SSSR count). The Bertz CT molecular complexity index is 575. The molecular formula is C14H18ClN3O3S. The molecule has 3 N–H and O–H groups in total. The highest BCUT2D eigenvalue weighted by Gasteiger charge is 2.41. The summed E-state index contributed by atoms with van der Waals surface area (Å²) in [7, 11) is 0. The maximum absolute atomic E-state index is 12.7. The number of benzene rings is 1. The third-order valence-corrected chi connectivity index (χ3v) is 3.93. The lowest BCUT2D eigenvalue weighted by Crippen LogP contribution is -2.65. The third kappa shape index (κ3) is 3.44. The molecule has 1 aliphatic rings. The predicted molar refractivity (Wildman–Crippen MR) is 90.0 cm³/mol. The number of amides is 2. The van der Waals surface area contributed by atoms with Gasteiger partial charge in [0.2, 0.25) is 0 Å². The number of nitrogens with zero attached hydrogens (tertiary/aromatic N) is 2. The maximum atomic E-state index is 12.7. The Labute approximate surface area is 139 Å². The molecule has 120 valence electrons. The molecule has 1 saturated heterocycles. The average Bonchev–Trinajstić information content (AvgIpc) is 2.45. The zero-order chi connectivity index (χ0) is 15.6. The summed E-state index contributed by atoms with van der Waals surface area (Å²) >= 11 is 11.0. The number of thiocarbonyl (C=S) groups is 1. The van der Waals surface area contributed by atoms with E-state index in [1.54, 1.807) is 29.2 Å². The van der Waals surface area contributed by atoms with Crippen LogP contribution >= 0.6 is 23.8 Å². The van der Waals surface area contributed by atoms with Gasteiger partial charge in [0.1, 0.15) is 0 Å². The van der Waals surface area contributed by atoms with E-state index in [1.165, 1.54) is 4.90 Å². The molecule has 0 saturated carbocycles. The molecule has 1 unspecified atom stereocenters. The number of carbonyl (C=O) groups excluding carboxylic acids is 2. The van der Waals surface area contributed by atoms with Crippen molar-refractivity contribution in [2.75, 3.05) is 18.0 Å². The molecule has 0 aromatic heterocycles. The second-order valence-electron chi connectivity index (χ2n) is 4.57. The van der Waals surface area contributed by atoms with Crippen LogP contribution in [0.25, 0.3) is 0 Å². The number of rotatable bonds is 4. The van der Waals surface area contributed by atoms with Crippen LogP contribution in [0, 0.1) is 0 Å². The molecule has 0 radical (unpaired) electrons. The van der Waals surface area contributed by atoms with Crippen molar-refractivity contribution in [1.29, 1.82) is 0 Å². The van der Waals surface area contributed by atoms with Gasteiger partial charge in [-0.1, -0.05) is 25.4 Å². The van der Waals surface area contributed by atoms with Gasteiger partial charge in [-0.3, -0.25) is 19.4 Å². The summed E-state index contributed by atoms with van der Waals surface area (Å²) in [5.74, 6) is -0.714. The Morgan fingerprint density at radius 1 is 1.23 bits per heavy atom. The molecule has 1 aromatic rings. The molecule has 1 atom stereocenters. The second kappa shape index (κ2) is 7.64. The first-order valence-electron chi connectivity index (χ1n) is 6.68. The first kappa shape index (κ1) is 18.5. The van der Waals surface area contributed by atoms with Gasteiger partial charge in [-0.15, -0.1) is 0 Å². The van der Waals surface area contributed by atoms with E-state index in [9.17, 15) is 9.59 Å². The fraction of sp³-hybridized carbons (Fsp3) is 0.357. The van der Waals surface area contributed by atoms with E-state index in [0.29, 0.717) is 23.8 Å². The first-order valence-corrected chi connectivity index (χ1v) is 7.46. The van der Waals surface area contributed by atoms with E-state index in [0.717, 1.165) is 0 Å². The summed E-state index contributed by atoms with van der Waals surface area (Å²) in [5.41, 5.74) is 0.589. The van der Waals surface area contributed by atoms with Gasteiger partial charge in [0.15, 0.2) is 11.2 Å². The SMILES string of the molecule is CCN(CC)C1C(=O)NC(=S)N(c2ccc(Cl)cc2)C1=O.O. The van der Waals surface area contributed by atoms with Gasteiger partial charge in [0, 0.05) is 5.02 Å². The van der Waals surface area contributed by atoms with E-state index in [1.807, 2.05) is 13.8 Å². The molecule has 1 fully saturated rings. The van der Waals surface area contributed by atoms with Crippen LogP contribution in [0.3, 0.4) is 0 Å². The lowest BCUT2D eigenvalue weighted by Gasteiger charge is -2.37. The number of halogens is 1. The number of likely N-dealkylation sites (N-methyl/N-ethyl adjacent to an activating group) is 1. The van der Waals surface area contributed by atoms with Gasteiger partial charge in [-0.05, 0) is 49.6 Å². The fourth-order valence-electron chi connectivity index (χ4n) is 2.31. The van der Waals surface area contributed by atoms with Gasteiger partial charge < -0.3 is 10.8 Å². The summed E-state index contributed by atoms with van der Waals surface area (Å²) in [5, 5.41) is 3.26. The topological polar surface area (TPSA) is 84.2 Å². The molecule has 1 aliphatic heterocycles. The lowest BCUT2D eigenvalue weighted by atomic mass is 10.1. The molecule has 1 heterocycles. The summed E-state index contributed by atoms with van der Waals surface area (Å²) < 4.78 is 0. The van der Waals surface area contributed by atoms with Crippen molar-refractivity contribution >= 4 is 46.4 Å². The Hall–Kier alpha value is -1.54. The van der Waals surface area contributed by atoms with E-state index in [2.05, 4.69) is 5.32 Å². The summed E-state index contributed by atoms with van der Waals surface area (Å²) in [6, 6.07) is 5.89. The number of carbonyl (C=O) groups is 2. The van der Waals surface area contributed by atoms with Gasteiger partial charge in [-0.25, -0.2) is 0 Å². The van der Waals surface area contributed by atoms with Crippen molar-refractivity contribution in [2.24, 2.45) is 0 Å². The average molecular weight is 344 g/mol. The standard InChI is InChI=1S/C14H16ClN3O2S.H2O/c1-3-17(4-2)11-12(19)16-14(21)18(13(11)20)10-7-5-9(15)6-8-10;/h5-8,11H,3-4H2,1-2H3,(H,16,19,21);1H2. The van der Waals surface area contributed by atoms with Gasteiger partial charge in [0.25, 0.3) is 11.8 Å². The van der Waals surface area contributed by atoms with Crippen LogP contribution in [0.2, 0.25) is 5.02 Å². The third-order valence-electron chi connectivity index (χ3n) is 3.40. The highest BCUT2D eigenvalue weighted by atomic mass is 35.5. The monoisotopic (exact) mass is 343 g/mol. The number of anilines is 1. The molecule has 2 amide bonds. The minimum Gasteiger partial charge on any atom is -0.412 e. The molecule has 0 bridgehead atoms. The van der Waals surface area contributed by atoms with Gasteiger partial charge in [-0.2, -0.15) is 0 Å². The highest BCUT2D eigenvalue weighted by molar-refractivity contribution is 7.80. The lowest BCUT2D eigenvalue weighted by molar-refractivity contribution is -0.135. The molecule has 1 aromatic carbocycles. The van der Waals surface area contributed by atoms with E-state index < -0.39 is 6.04 Å². The maximum Gasteiger partial charge on any atom is 0.260 e. The quantitative estimate of drug-likeness (QED) is 0.652. The van der Waals surface area contributed by atoms with Crippen molar-refractivity contribution in [1.82, 2.24) is 10.2 Å². The summed E-state index contributed by atoms with van der Waals surface area (Å²) in [6.07, 6.45) is 0. The molecule has 22 heavy (non-hydrogen) atoms. The normalized spacial score (nSPS) is 18.3. The molecule has 8 heteroatoms. The van der Waals surface area contributed by atoms with Crippen LogP contribution in [0.5, 0.6) is 0 Å². The molecule has 6 nitrogen and oxygen atoms in total.